The normalized spacial score (nSPS) is 11.1. The van der Waals surface area contributed by atoms with Crippen molar-refractivity contribution in [1.29, 1.82) is 0 Å². The van der Waals surface area contributed by atoms with Gasteiger partial charge in [-0.25, -0.2) is 9.59 Å². The Kier molecular flexibility index (Phi) is 5.10. The van der Waals surface area contributed by atoms with Crippen molar-refractivity contribution >= 4 is 39.5 Å². The third-order valence-electron chi connectivity index (χ3n) is 5.51. The number of esters is 1. The summed E-state index contributed by atoms with van der Waals surface area (Å²) in [5.41, 5.74) is 3.43. The number of furan rings is 1. The van der Waals surface area contributed by atoms with Crippen LogP contribution in [0.15, 0.2) is 50.0 Å². The number of ether oxygens (including phenoxy) is 1. The predicted molar refractivity (Wildman–Crippen MR) is 117 cm³/mol. The van der Waals surface area contributed by atoms with Gasteiger partial charge < -0.3 is 18.9 Å². The first kappa shape index (κ1) is 20.4. The van der Waals surface area contributed by atoms with Crippen LogP contribution in [0.2, 0.25) is 0 Å². The molecule has 1 N–H and O–H groups in total. The fraction of sp³-hybridized carbons (Fsp3) is 0.208. The highest BCUT2D eigenvalue weighted by Crippen LogP contribution is 2.31. The molecular weight excluding hydrogens is 398 g/mol. The maximum atomic E-state index is 12.6. The SMILES string of the molecule is COC(=O)c1ccc(NC(=O)Cc2c(C)c3cc4c(C)c(C)oc4cc3oc2=O)cc1. The smallest absolute Gasteiger partial charge is 0.340 e. The molecule has 1 amide bonds. The summed E-state index contributed by atoms with van der Waals surface area (Å²) in [6.45, 7) is 5.67. The van der Waals surface area contributed by atoms with Crippen molar-refractivity contribution in [1.82, 2.24) is 0 Å². The number of carbonyl (C=O) groups is 2. The number of carbonyl (C=O) groups excluding carboxylic acids is 2. The molecule has 2 aromatic carbocycles. The summed E-state index contributed by atoms with van der Waals surface area (Å²) in [6.07, 6.45) is -0.135. The first-order chi connectivity index (χ1) is 14.8. The van der Waals surface area contributed by atoms with Crippen LogP contribution in [-0.4, -0.2) is 19.0 Å². The van der Waals surface area contributed by atoms with E-state index in [0.29, 0.717) is 33.5 Å². The fourth-order valence-electron chi connectivity index (χ4n) is 3.60. The first-order valence-electron chi connectivity index (χ1n) is 9.72. The molecular formula is C24H21NO6. The van der Waals surface area contributed by atoms with Crippen LogP contribution in [0.4, 0.5) is 5.69 Å². The average molecular weight is 419 g/mol. The van der Waals surface area contributed by atoms with E-state index >= 15 is 0 Å². The van der Waals surface area contributed by atoms with E-state index in [9.17, 15) is 14.4 Å². The molecule has 0 aliphatic carbocycles. The summed E-state index contributed by atoms with van der Waals surface area (Å²) in [7, 11) is 1.30. The van der Waals surface area contributed by atoms with Crippen LogP contribution < -0.4 is 10.9 Å². The van der Waals surface area contributed by atoms with Crippen molar-refractivity contribution in [2.45, 2.75) is 27.2 Å². The topological polar surface area (TPSA) is 98.8 Å². The Labute approximate surface area is 177 Å². The Hall–Kier alpha value is -3.87. The molecule has 0 spiro atoms. The summed E-state index contributed by atoms with van der Waals surface area (Å²) in [5.74, 6) is -0.0143. The zero-order valence-corrected chi connectivity index (χ0v) is 17.6. The van der Waals surface area contributed by atoms with Crippen LogP contribution in [0.3, 0.4) is 0 Å². The largest absolute Gasteiger partial charge is 0.465 e. The van der Waals surface area contributed by atoms with Gasteiger partial charge in [0.15, 0.2) is 0 Å². The molecule has 0 bridgehead atoms. The van der Waals surface area contributed by atoms with E-state index in [1.807, 2.05) is 19.9 Å². The van der Waals surface area contributed by atoms with Gasteiger partial charge in [0.1, 0.15) is 16.9 Å². The highest BCUT2D eigenvalue weighted by atomic mass is 16.5. The molecule has 7 nitrogen and oxygen atoms in total. The van der Waals surface area contributed by atoms with E-state index in [1.54, 1.807) is 37.3 Å². The molecule has 0 aliphatic heterocycles. The van der Waals surface area contributed by atoms with Gasteiger partial charge in [-0.15, -0.1) is 0 Å². The van der Waals surface area contributed by atoms with Crippen molar-refractivity contribution in [3.05, 3.63) is 74.8 Å². The van der Waals surface area contributed by atoms with E-state index in [2.05, 4.69) is 10.1 Å². The number of rotatable bonds is 4. The molecule has 0 saturated carbocycles. The zero-order chi connectivity index (χ0) is 22.3. The van der Waals surface area contributed by atoms with Gasteiger partial charge in [-0.2, -0.15) is 0 Å². The van der Waals surface area contributed by atoms with Gasteiger partial charge >= 0.3 is 11.6 Å². The Bertz CT molecular complexity index is 1390. The van der Waals surface area contributed by atoms with Gasteiger partial charge in [0.2, 0.25) is 5.91 Å². The maximum Gasteiger partial charge on any atom is 0.340 e. The second kappa shape index (κ2) is 7.75. The quantitative estimate of drug-likeness (QED) is 0.388. The molecule has 2 aromatic heterocycles. The van der Waals surface area contributed by atoms with E-state index in [1.165, 1.54) is 7.11 Å². The number of benzene rings is 2. The number of aryl methyl sites for hydroxylation is 3. The Morgan fingerprint density at radius 2 is 1.58 bits per heavy atom. The summed E-state index contributed by atoms with van der Waals surface area (Å²) in [6, 6.07) is 9.95. The van der Waals surface area contributed by atoms with E-state index in [4.69, 9.17) is 8.83 Å². The molecule has 0 saturated heterocycles. The van der Waals surface area contributed by atoms with Crippen LogP contribution in [0.5, 0.6) is 0 Å². The monoisotopic (exact) mass is 419 g/mol. The molecule has 2 heterocycles. The lowest BCUT2D eigenvalue weighted by atomic mass is 10.0. The minimum Gasteiger partial charge on any atom is -0.465 e. The molecule has 0 atom stereocenters. The average Bonchev–Trinajstić information content (AvgIpc) is 3.02. The predicted octanol–water partition coefficient (Wildman–Crippen LogP) is 4.43. The summed E-state index contributed by atoms with van der Waals surface area (Å²) >= 11 is 0. The highest BCUT2D eigenvalue weighted by molar-refractivity contribution is 5.98. The Morgan fingerprint density at radius 1 is 0.935 bits per heavy atom. The third-order valence-corrected chi connectivity index (χ3v) is 5.51. The minimum absolute atomic E-state index is 0.135. The van der Waals surface area contributed by atoms with Gasteiger partial charge in [0.25, 0.3) is 0 Å². The number of fused-ring (bicyclic) bond motifs is 2. The lowest BCUT2D eigenvalue weighted by Gasteiger charge is -2.09. The van der Waals surface area contributed by atoms with Gasteiger partial charge in [0, 0.05) is 22.5 Å². The number of anilines is 1. The van der Waals surface area contributed by atoms with Crippen LogP contribution in [0.25, 0.3) is 21.9 Å². The molecule has 31 heavy (non-hydrogen) atoms. The number of methoxy groups -OCH3 is 1. The van der Waals surface area contributed by atoms with Crippen LogP contribution in [-0.2, 0) is 16.0 Å². The van der Waals surface area contributed by atoms with Gasteiger partial charge in [-0.1, -0.05) is 0 Å². The van der Waals surface area contributed by atoms with Crippen LogP contribution >= 0.6 is 0 Å². The number of amides is 1. The molecule has 158 valence electrons. The number of hydrogen-bond donors (Lipinski definition) is 1. The Morgan fingerprint density at radius 3 is 2.26 bits per heavy atom. The maximum absolute atomic E-state index is 12.6. The molecule has 4 rings (SSSR count). The molecule has 0 radical (unpaired) electrons. The van der Waals surface area contributed by atoms with Gasteiger partial charge in [-0.3, -0.25) is 4.79 Å². The fourth-order valence-corrected chi connectivity index (χ4v) is 3.60. The van der Waals surface area contributed by atoms with Crippen LogP contribution in [0.1, 0.15) is 32.8 Å². The number of nitrogens with one attached hydrogen (secondary N) is 1. The lowest BCUT2D eigenvalue weighted by molar-refractivity contribution is -0.115. The van der Waals surface area contributed by atoms with Crippen molar-refractivity contribution in [3.63, 3.8) is 0 Å². The van der Waals surface area contributed by atoms with E-state index in [0.717, 1.165) is 22.1 Å². The minimum atomic E-state index is -0.555. The number of hydrogen-bond acceptors (Lipinski definition) is 6. The van der Waals surface area contributed by atoms with E-state index < -0.39 is 11.6 Å². The lowest BCUT2D eigenvalue weighted by Crippen LogP contribution is -2.20. The van der Waals surface area contributed by atoms with Crippen LogP contribution in [0, 0.1) is 20.8 Å². The highest BCUT2D eigenvalue weighted by Gasteiger charge is 2.18. The molecule has 0 unspecified atom stereocenters. The standard InChI is InChI=1S/C24H21NO6/c1-12-14(3)30-20-11-21-18(9-17(12)20)13(2)19(24(28)31-21)10-22(26)25-16-7-5-15(6-8-16)23(27)29-4/h5-9,11H,10H2,1-4H3,(H,25,26). The summed E-state index contributed by atoms with van der Waals surface area (Å²) in [4.78, 5) is 36.7. The molecule has 4 aromatic rings. The van der Waals surface area contributed by atoms with Crippen molar-refractivity contribution in [3.8, 4) is 0 Å². The van der Waals surface area contributed by atoms with Crippen molar-refractivity contribution < 1.29 is 23.2 Å². The van der Waals surface area contributed by atoms with Gasteiger partial charge in [0.05, 0.1) is 24.7 Å². The van der Waals surface area contributed by atoms with Gasteiger partial charge in [-0.05, 0) is 62.2 Å². The zero-order valence-electron chi connectivity index (χ0n) is 17.6. The molecule has 7 heteroatoms. The first-order valence-corrected chi connectivity index (χ1v) is 9.72. The van der Waals surface area contributed by atoms with Crippen molar-refractivity contribution in [2.24, 2.45) is 0 Å². The summed E-state index contributed by atoms with van der Waals surface area (Å²) in [5, 5.41) is 4.44. The summed E-state index contributed by atoms with van der Waals surface area (Å²) < 4.78 is 15.9. The Balaban J connectivity index is 1.63. The van der Waals surface area contributed by atoms with Crippen molar-refractivity contribution in [2.75, 3.05) is 12.4 Å². The van der Waals surface area contributed by atoms with E-state index in [-0.39, 0.29) is 12.3 Å². The second-order valence-electron chi connectivity index (χ2n) is 7.41. The molecule has 0 aliphatic rings. The molecule has 0 fully saturated rings. The second-order valence-corrected chi connectivity index (χ2v) is 7.41. The third kappa shape index (κ3) is 3.70.